The molecule has 0 nitrogen and oxygen atoms in total. The van der Waals surface area contributed by atoms with Crippen LogP contribution in [-0.2, 0) is 0 Å². The fourth-order valence-corrected chi connectivity index (χ4v) is 4.51. The smallest absolute Gasteiger partial charge is 0.0147 e. The Bertz CT molecular complexity index is 118. The zero-order chi connectivity index (χ0) is 6.32. The Morgan fingerprint density at radius 2 is 2.22 bits per heavy atom. The second kappa shape index (κ2) is 1.95. The van der Waals surface area contributed by atoms with Gasteiger partial charge in [0.05, 0.1) is 0 Å². The average molecular weight is 142 g/mol. The van der Waals surface area contributed by atoms with Crippen LogP contribution in [0.5, 0.6) is 0 Å². The summed E-state index contributed by atoms with van der Waals surface area (Å²) < 4.78 is 0. The number of fused-ring (bicyclic) bond motifs is 2. The van der Waals surface area contributed by atoms with Crippen LogP contribution in [0.2, 0.25) is 0 Å². The van der Waals surface area contributed by atoms with E-state index in [-0.39, 0.29) is 0 Å². The monoisotopic (exact) mass is 142 g/mol. The largest absolute Gasteiger partial charge is 0.113 e. The first-order valence-corrected chi connectivity index (χ1v) is 5.14. The van der Waals surface area contributed by atoms with E-state index in [0.29, 0.717) is 0 Å². The van der Waals surface area contributed by atoms with Crippen molar-refractivity contribution < 1.29 is 0 Å². The molecule has 0 radical (unpaired) electrons. The Morgan fingerprint density at radius 3 is 2.89 bits per heavy atom. The first-order valence-electron chi connectivity index (χ1n) is 4.06. The molecule has 2 heterocycles. The summed E-state index contributed by atoms with van der Waals surface area (Å²) in [4.78, 5) is 0. The predicted octanol–water partition coefficient (Wildman–Crippen LogP) is 2.77. The molecule has 2 saturated heterocycles. The van der Waals surface area contributed by atoms with Crippen molar-refractivity contribution >= 4 is 8.58 Å². The van der Waals surface area contributed by atoms with Crippen LogP contribution in [0, 0.1) is 0 Å². The third kappa shape index (κ3) is 1.03. The standard InChI is InChI=1S/C8H15P/c1-8-5-2-3-7(9-8)4-6-8/h7,9H,2-6H2,1H3. The van der Waals surface area contributed by atoms with Crippen molar-refractivity contribution in [3.8, 4) is 0 Å². The van der Waals surface area contributed by atoms with Gasteiger partial charge in [0.1, 0.15) is 0 Å². The van der Waals surface area contributed by atoms with Crippen LogP contribution in [0.3, 0.4) is 0 Å². The van der Waals surface area contributed by atoms with Gasteiger partial charge >= 0.3 is 0 Å². The lowest BCUT2D eigenvalue weighted by Crippen LogP contribution is -2.16. The summed E-state index contributed by atoms with van der Waals surface area (Å²) in [6, 6.07) is 0. The van der Waals surface area contributed by atoms with Gasteiger partial charge in [-0.25, -0.2) is 0 Å². The Hall–Kier alpha value is 0.430. The quantitative estimate of drug-likeness (QED) is 0.456. The Labute approximate surface area is 59.2 Å². The van der Waals surface area contributed by atoms with Crippen molar-refractivity contribution in [2.75, 3.05) is 0 Å². The fraction of sp³-hybridized carbons (Fsp3) is 1.00. The van der Waals surface area contributed by atoms with Gasteiger partial charge in [0.15, 0.2) is 0 Å². The Kier molecular flexibility index (Phi) is 1.34. The van der Waals surface area contributed by atoms with Crippen LogP contribution in [0.15, 0.2) is 0 Å². The van der Waals surface area contributed by atoms with Crippen molar-refractivity contribution in [2.24, 2.45) is 0 Å². The van der Waals surface area contributed by atoms with Crippen LogP contribution < -0.4 is 0 Å². The van der Waals surface area contributed by atoms with Crippen LogP contribution in [0.4, 0.5) is 0 Å². The molecule has 0 N–H and O–H groups in total. The van der Waals surface area contributed by atoms with Gasteiger partial charge in [0.2, 0.25) is 0 Å². The summed E-state index contributed by atoms with van der Waals surface area (Å²) in [6.07, 6.45) is 7.69. The van der Waals surface area contributed by atoms with E-state index < -0.39 is 0 Å². The molecule has 3 unspecified atom stereocenters. The van der Waals surface area contributed by atoms with Crippen molar-refractivity contribution in [1.82, 2.24) is 0 Å². The second-order valence-electron chi connectivity index (χ2n) is 3.83. The Balaban J connectivity index is 2.13. The van der Waals surface area contributed by atoms with Gasteiger partial charge in [0.25, 0.3) is 0 Å². The number of hydrogen-bond donors (Lipinski definition) is 0. The first-order chi connectivity index (χ1) is 4.29. The topological polar surface area (TPSA) is 0 Å². The average Bonchev–Trinajstić information content (AvgIpc) is 2.07. The summed E-state index contributed by atoms with van der Waals surface area (Å²) in [6.45, 7) is 2.49. The lowest BCUT2D eigenvalue weighted by atomic mass is 10.0. The zero-order valence-corrected chi connectivity index (χ0v) is 7.11. The SMILES string of the molecule is CC12CCCC(CC1)P2. The molecule has 0 aliphatic carbocycles. The van der Waals surface area contributed by atoms with E-state index in [0.717, 1.165) is 10.8 Å². The molecule has 0 amide bonds. The zero-order valence-electron chi connectivity index (χ0n) is 6.11. The molecule has 0 aromatic carbocycles. The van der Waals surface area contributed by atoms with Crippen molar-refractivity contribution in [3.05, 3.63) is 0 Å². The molecule has 52 valence electrons. The van der Waals surface area contributed by atoms with E-state index in [1.807, 2.05) is 0 Å². The summed E-state index contributed by atoms with van der Waals surface area (Å²) in [5.41, 5.74) is 1.16. The lowest BCUT2D eigenvalue weighted by Gasteiger charge is -2.28. The minimum absolute atomic E-state index is 0.822. The summed E-state index contributed by atoms with van der Waals surface area (Å²) >= 11 is 0. The summed E-state index contributed by atoms with van der Waals surface area (Å²) in [5.74, 6) is 0. The molecule has 0 spiro atoms. The van der Waals surface area contributed by atoms with Crippen LogP contribution in [0.25, 0.3) is 0 Å². The predicted molar refractivity (Wildman–Crippen MR) is 43.6 cm³/mol. The maximum absolute atomic E-state index is 2.49. The first kappa shape index (κ1) is 6.16. The van der Waals surface area contributed by atoms with Gasteiger partial charge in [0, 0.05) is 0 Å². The van der Waals surface area contributed by atoms with Gasteiger partial charge in [-0.15, -0.1) is 8.58 Å². The highest BCUT2D eigenvalue weighted by molar-refractivity contribution is 7.41. The van der Waals surface area contributed by atoms with E-state index in [1.165, 1.54) is 27.8 Å². The molecule has 2 aliphatic heterocycles. The lowest BCUT2D eigenvalue weighted by molar-refractivity contribution is 0.555. The molecular formula is C8H15P. The van der Waals surface area contributed by atoms with E-state index in [2.05, 4.69) is 6.92 Å². The molecule has 1 heteroatoms. The molecular weight excluding hydrogens is 127 g/mol. The van der Waals surface area contributed by atoms with Gasteiger partial charge in [-0.3, -0.25) is 0 Å². The highest BCUT2D eigenvalue weighted by atomic mass is 31.1. The van der Waals surface area contributed by atoms with Gasteiger partial charge < -0.3 is 0 Å². The maximum atomic E-state index is 2.49. The fourth-order valence-electron chi connectivity index (χ4n) is 2.28. The second-order valence-corrected chi connectivity index (χ2v) is 6.15. The van der Waals surface area contributed by atoms with Crippen LogP contribution >= 0.6 is 8.58 Å². The molecule has 3 atom stereocenters. The molecule has 0 saturated carbocycles. The van der Waals surface area contributed by atoms with Gasteiger partial charge in [-0.2, -0.15) is 0 Å². The third-order valence-electron chi connectivity index (χ3n) is 2.88. The molecule has 0 aromatic rings. The van der Waals surface area contributed by atoms with Crippen LogP contribution in [0.1, 0.15) is 39.0 Å². The minimum Gasteiger partial charge on any atom is -0.113 e. The Morgan fingerprint density at radius 1 is 1.33 bits per heavy atom. The van der Waals surface area contributed by atoms with Crippen molar-refractivity contribution in [1.29, 1.82) is 0 Å². The number of rotatable bonds is 0. The van der Waals surface area contributed by atoms with E-state index in [1.54, 1.807) is 12.8 Å². The summed E-state index contributed by atoms with van der Waals surface area (Å²) in [5, 5.41) is 0.822. The van der Waals surface area contributed by atoms with Crippen LogP contribution in [-0.4, -0.2) is 10.8 Å². The van der Waals surface area contributed by atoms with E-state index in [9.17, 15) is 0 Å². The number of hydrogen-bond acceptors (Lipinski definition) is 0. The molecule has 2 bridgehead atoms. The van der Waals surface area contributed by atoms with Gasteiger partial charge in [-0.05, 0) is 36.5 Å². The van der Waals surface area contributed by atoms with Gasteiger partial charge in [-0.1, -0.05) is 13.3 Å². The molecule has 0 aromatic heterocycles. The maximum Gasteiger partial charge on any atom is -0.0147 e. The van der Waals surface area contributed by atoms with E-state index >= 15 is 0 Å². The molecule has 2 aliphatic rings. The minimum atomic E-state index is 0.822. The van der Waals surface area contributed by atoms with Crippen molar-refractivity contribution in [2.45, 2.75) is 49.8 Å². The third-order valence-corrected chi connectivity index (χ3v) is 5.06. The van der Waals surface area contributed by atoms with E-state index in [4.69, 9.17) is 0 Å². The normalized spacial score (nSPS) is 52.3. The summed E-state index contributed by atoms with van der Waals surface area (Å²) in [7, 11) is 1.31. The molecule has 9 heavy (non-hydrogen) atoms. The highest BCUT2D eigenvalue weighted by Gasteiger charge is 2.37. The van der Waals surface area contributed by atoms with Crippen molar-refractivity contribution in [3.63, 3.8) is 0 Å². The highest BCUT2D eigenvalue weighted by Crippen LogP contribution is 2.56. The molecule has 2 rings (SSSR count). The molecule has 2 fully saturated rings.